The first-order valence-corrected chi connectivity index (χ1v) is 6.20. The first kappa shape index (κ1) is 11.4. The topological polar surface area (TPSA) is 9.23 Å². The van der Waals surface area contributed by atoms with Gasteiger partial charge in [0.05, 0.1) is 6.10 Å². The number of benzene rings is 2. The van der Waals surface area contributed by atoms with E-state index in [0.717, 1.165) is 18.4 Å². The lowest BCUT2D eigenvalue weighted by molar-refractivity contribution is 0.105. The van der Waals surface area contributed by atoms with Gasteiger partial charge in [-0.05, 0) is 35.6 Å². The van der Waals surface area contributed by atoms with E-state index in [1.165, 1.54) is 17.2 Å². The second-order valence-corrected chi connectivity index (χ2v) is 4.62. The third-order valence-electron chi connectivity index (χ3n) is 3.66. The Morgan fingerprint density at radius 2 is 1.83 bits per heavy atom. The zero-order chi connectivity index (χ0) is 12.5. The van der Waals surface area contributed by atoms with Crippen LogP contribution < -0.4 is 0 Å². The summed E-state index contributed by atoms with van der Waals surface area (Å²) in [5, 5.41) is 0. The van der Waals surface area contributed by atoms with Crippen molar-refractivity contribution in [2.24, 2.45) is 0 Å². The molecule has 18 heavy (non-hydrogen) atoms. The van der Waals surface area contributed by atoms with Gasteiger partial charge >= 0.3 is 0 Å². The van der Waals surface area contributed by atoms with Crippen LogP contribution in [0.4, 0.5) is 4.39 Å². The molecule has 1 atom stereocenters. The van der Waals surface area contributed by atoms with Crippen LogP contribution in [0.1, 0.15) is 23.7 Å². The van der Waals surface area contributed by atoms with E-state index in [2.05, 4.69) is 6.07 Å². The van der Waals surface area contributed by atoms with Gasteiger partial charge in [-0.25, -0.2) is 4.39 Å². The second-order valence-electron chi connectivity index (χ2n) is 4.62. The van der Waals surface area contributed by atoms with E-state index in [4.69, 9.17) is 4.74 Å². The Morgan fingerprint density at radius 1 is 1.06 bits per heavy atom. The van der Waals surface area contributed by atoms with Crippen molar-refractivity contribution in [2.75, 3.05) is 7.11 Å². The summed E-state index contributed by atoms with van der Waals surface area (Å²) in [5.74, 6) is -0.160. The molecular weight excluding hydrogens is 227 g/mol. The molecule has 2 heteroatoms. The molecular formula is C16H15FO. The first-order chi connectivity index (χ1) is 8.81. The van der Waals surface area contributed by atoms with Crippen molar-refractivity contribution in [3.05, 3.63) is 59.4 Å². The van der Waals surface area contributed by atoms with Crippen LogP contribution in [0.3, 0.4) is 0 Å². The van der Waals surface area contributed by atoms with E-state index in [1.54, 1.807) is 13.2 Å². The van der Waals surface area contributed by atoms with Crippen molar-refractivity contribution in [2.45, 2.75) is 18.9 Å². The van der Waals surface area contributed by atoms with Crippen LogP contribution >= 0.6 is 0 Å². The van der Waals surface area contributed by atoms with Crippen molar-refractivity contribution in [1.29, 1.82) is 0 Å². The third-order valence-corrected chi connectivity index (χ3v) is 3.66. The maximum Gasteiger partial charge on any atom is 0.131 e. The van der Waals surface area contributed by atoms with Crippen molar-refractivity contribution in [3.63, 3.8) is 0 Å². The molecule has 92 valence electrons. The van der Waals surface area contributed by atoms with Gasteiger partial charge in [0, 0.05) is 12.7 Å². The van der Waals surface area contributed by atoms with E-state index in [0.29, 0.717) is 5.56 Å². The van der Waals surface area contributed by atoms with Gasteiger partial charge in [0.25, 0.3) is 0 Å². The Balaban J connectivity index is 2.16. The summed E-state index contributed by atoms with van der Waals surface area (Å²) in [5.41, 5.74) is 4.13. The fourth-order valence-corrected chi connectivity index (χ4v) is 2.79. The minimum atomic E-state index is -0.160. The molecule has 0 N–H and O–H groups in total. The molecule has 1 nitrogen and oxygen atoms in total. The lowest BCUT2D eigenvalue weighted by Gasteiger charge is -2.12. The minimum absolute atomic E-state index is 0.159. The number of fused-ring (bicyclic) bond motifs is 1. The molecule has 0 fully saturated rings. The zero-order valence-corrected chi connectivity index (χ0v) is 10.3. The molecule has 0 aromatic heterocycles. The zero-order valence-electron chi connectivity index (χ0n) is 10.3. The summed E-state index contributed by atoms with van der Waals surface area (Å²) in [6.45, 7) is 0. The maximum atomic E-state index is 13.9. The van der Waals surface area contributed by atoms with Crippen LogP contribution in [0.5, 0.6) is 0 Å². The predicted octanol–water partition coefficient (Wildman–Crippen LogP) is 4.13. The number of methoxy groups -OCH3 is 1. The van der Waals surface area contributed by atoms with E-state index >= 15 is 0 Å². The van der Waals surface area contributed by atoms with Crippen LogP contribution in [0.25, 0.3) is 11.1 Å². The third kappa shape index (κ3) is 1.73. The van der Waals surface area contributed by atoms with Crippen molar-refractivity contribution in [1.82, 2.24) is 0 Å². The lowest BCUT2D eigenvalue weighted by atomic mass is 9.96. The molecule has 1 aliphatic carbocycles. The molecule has 0 saturated heterocycles. The SMILES string of the molecule is CO[C@H]1CCc2c(-c3ccccc3F)cccc21. The molecule has 0 heterocycles. The molecule has 2 aromatic rings. The summed E-state index contributed by atoms with van der Waals surface area (Å²) in [4.78, 5) is 0. The number of hydrogen-bond acceptors (Lipinski definition) is 1. The summed E-state index contributed by atoms with van der Waals surface area (Å²) >= 11 is 0. The van der Waals surface area contributed by atoms with Crippen LogP contribution in [0, 0.1) is 5.82 Å². The summed E-state index contributed by atoms with van der Waals surface area (Å²) in [6.07, 6.45) is 2.10. The van der Waals surface area contributed by atoms with E-state index < -0.39 is 0 Å². The number of ether oxygens (including phenoxy) is 1. The smallest absolute Gasteiger partial charge is 0.131 e. The highest BCUT2D eigenvalue weighted by molar-refractivity contribution is 5.70. The van der Waals surface area contributed by atoms with E-state index in [-0.39, 0.29) is 11.9 Å². The molecule has 3 rings (SSSR count). The van der Waals surface area contributed by atoms with Crippen molar-refractivity contribution >= 4 is 0 Å². The number of rotatable bonds is 2. The van der Waals surface area contributed by atoms with Gasteiger partial charge in [0.1, 0.15) is 5.82 Å². The quantitative estimate of drug-likeness (QED) is 0.769. The molecule has 0 amide bonds. The van der Waals surface area contributed by atoms with Gasteiger partial charge in [-0.1, -0.05) is 36.4 Å². The fraction of sp³-hybridized carbons (Fsp3) is 0.250. The molecule has 0 aliphatic heterocycles. The Labute approximate surface area is 106 Å². The second kappa shape index (κ2) is 4.54. The Morgan fingerprint density at radius 3 is 2.61 bits per heavy atom. The normalized spacial score (nSPS) is 17.8. The monoisotopic (exact) mass is 242 g/mol. The highest BCUT2D eigenvalue weighted by Gasteiger charge is 2.25. The largest absolute Gasteiger partial charge is 0.377 e. The van der Waals surface area contributed by atoms with Crippen LogP contribution in [-0.2, 0) is 11.2 Å². The Kier molecular flexibility index (Phi) is 2.88. The van der Waals surface area contributed by atoms with Crippen molar-refractivity contribution in [3.8, 4) is 11.1 Å². The highest BCUT2D eigenvalue weighted by Crippen LogP contribution is 2.39. The minimum Gasteiger partial charge on any atom is -0.377 e. The molecule has 2 aromatic carbocycles. The molecule has 0 bridgehead atoms. The molecule has 0 spiro atoms. The Hall–Kier alpha value is -1.67. The van der Waals surface area contributed by atoms with Gasteiger partial charge in [-0.15, -0.1) is 0 Å². The molecule has 0 radical (unpaired) electrons. The fourth-order valence-electron chi connectivity index (χ4n) is 2.79. The van der Waals surface area contributed by atoms with Gasteiger partial charge in [0.15, 0.2) is 0 Å². The summed E-state index contributed by atoms with van der Waals surface area (Å²) in [7, 11) is 1.73. The highest BCUT2D eigenvalue weighted by atomic mass is 19.1. The molecule has 1 aliphatic rings. The maximum absolute atomic E-state index is 13.9. The standard InChI is InChI=1S/C16H15FO/c1-18-16-10-9-12-11(6-4-7-14(12)16)13-5-2-3-8-15(13)17/h2-8,16H,9-10H2,1H3/t16-/m0/s1. The average molecular weight is 242 g/mol. The molecule has 0 saturated carbocycles. The van der Waals surface area contributed by atoms with Crippen LogP contribution in [-0.4, -0.2) is 7.11 Å². The first-order valence-electron chi connectivity index (χ1n) is 6.20. The van der Waals surface area contributed by atoms with E-state index in [1.807, 2.05) is 24.3 Å². The average Bonchev–Trinajstić information content (AvgIpc) is 2.82. The van der Waals surface area contributed by atoms with E-state index in [9.17, 15) is 4.39 Å². The van der Waals surface area contributed by atoms with Gasteiger partial charge in [-0.3, -0.25) is 0 Å². The number of halogens is 1. The van der Waals surface area contributed by atoms with Gasteiger partial charge in [0.2, 0.25) is 0 Å². The Bertz CT molecular complexity index is 577. The lowest BCUT2D eigenvalue weighted by Crippen LogP contribution is -1.96. The summed E-state index contributed by atoms with van der Waals surface area (Å²) in [6, 6.07) is 13.0. The molecule has 0 unspecified atom stereocenters. The van der Waals surface area contributed by atoms with Gasteiger partial charge in [-0.2, -0.15) is 0 Å². The number of hydrogen-bond donors (Lipinski definition) is 0. The van der Waals surface area contributed by atoms with Crippen LogP contribution in [0.15, 0.2) is 42.5 Å². The van der Waals surface area contributed by atoms with Crippen LogP contribution in [0.2, 0.25) is 0 Å². The summed E-state index contributed by atoms with van der Waals surface area (Å²) < 4.78 is 19.4. The van der Waals surface area contributed by atoms with Gasteiger partial charge < -0.3 is 4.74 Å². The predicted molar refractivity (Wildman–Crippen MR) is 69.9 cm³/mol. The van der Waals surface area contributed by atoms with Crippen molar-refractivity contribution < 1.29 is 9.13 Å².